The lowest BCUT2D eigenvalue weighted by Gasteiger charge is -2.20. The molecule has 2 N–H and O–H groups in total. The first kappa shape index (κ1) is 15.0. The van der Waals surface area contributed by atoms with Gasteiger partial charge in [0, 0.05) is 18.7 Å². The molecule has 1 unspecified atom stereocenters. The minimum Gasteiger partial charge on any atom is -0.338 e. The van der Waals surface area contributed by atoms with Crippen molar-refractivity contribution in [2.75, 3.05) is 19.6 Å². The Morgan fingerprint density at radius 3 is 2.50 bits per heavy atom. The summed E-state index contributed by atoms with van der Waals surface area (Å²) in [6, 6.07) is 8.06. The summed E-state index contributed by atoms with van der Waals surface area (Å²) in [7, 11) is 0. The molecule has 0 aromatic heterocycles. The van der Waals surface area contributed by atoms with E-state index >= 15 is 0 Å². The fourth-order valence-corrected chi connectivity index (χ4v) is 2.78. The van der Waals surface area contributed by atoms with E-state index in [4.69, 9.17) is 5.73 Å². The van der Waals surface area contributed by atoms with Gasteiger partial charge in [-0.1, -0.05) is 32.9 Å². The molecule has 3 nitrogen and oxygen atoms in total. The number of likely N-dealkylation sites (tertiary alicyclic amines) is 1. The summed E-state index contributed by atoms with van der Waals surface area (Å²) in [5, 5.41) is 0. The Hall–Kier alpha value is -1.35. The minimum atomic E-state index is 0.126. The molecule has 1 saturated heterocycles. The van der Waals surface area contributed by atoms with Crippen molar-refractivity contribution in [2.24, 2.45) is 11.7 Å². The molecule has 1 fully saturated rings. The van der Waals surface area contributed by atoms with Gasteiger partial charge in [0.25, 0.3) is 5.91 Å². The molecule has 0 radical (unpaired) electrons. The number of amides is 1. The summed E-state index contributed by atoms with van der Waals surface area (Å²) in [6.45, 7) is 8.99. The van der Waals surface area contributed by atoms with Crippen LogP contribution in [0.25, 0.3) is 0 Å². The normalized spacial score (nSPS) is 19.4. The van der Waals surface area contributed by atoms with Crippen LogP contribution >= 0.6 is 0 Å². The van der Waals surface area contributed by atoms with Crippen LogP contribution in [0.1, 0.15) is 49.5 Å². The fourth-order valence-electron chi connectivity index (χ4n) is 2.78. The highest BCUT2D eigenvalue weighted by molar-refractivity contribution is 5.94. The summed E-state index contributed by atoms with van der Waals surface area (Å²) < 4.78 is 0. The maximum atomic E-state index is 12.5. The minimum absolute atomic E-state index is 0.126. The second-order valence-electron chi connectivity index (χ2n) is 6.81. The zero-order valence-corrected chi connectivity index (χ0v) is 12.9. The van der Waals surface area contributed by atoms with E-state index in [0.717, 1.165) is 31.5 Å². The van der Waals surface area contributed by atoms with E-state index in [-0.39, 0.29) is 11.3 Å². The maximum Gasteiger partial charge on any atom is 0.253 e. The molecule has 1 aromatic carbocycles. The lowest BCUT2D eigenvalue weighted by molar-refractivity contribution is 0.0786. The Balaban J connectivity index is 2.03. The van der Waals surface area contributed by atoms with Crippen molar-refractivity contribution in [2.45, 2.75) is 39.0 Å². The summed E-state index contributed by atoms with van der Waals surface area (Å²) in [5.74, 6) is 0.739. The van der Waals surface area contributed by atoms with Gasteiger partial charge in [-0.15, -0.1) is 0 Å². The van der Waals surface area contributed by atoms with Crippen LogP contribution in [-0.2, 0) is 5.41 Å². The molecule has 2 rings (SSSR count). The van der Waals surface area contributed by atoms with Crippen LogP contribution in [0.4, 0.5) is 0 Å². The number of rotatable bonds is 3. The highest BCUT2D eigenvalue weighted by Gasteiger charge is 2.26. The van der Waals surface area contributed by atoms with Crippen LogP contribution in [0.5, 0.6) is 0 Å². The van der Waals surface area contributed by atoms with Crippen molar-refractivity contribution in [3.05, 3.63) is 35.4 Å². The van der Waals surface area contributed by atoms with Gasteiger partial charge in [0.05, 0.1) is 0 Å². The van der Waals surface area contributed by atoms with Gasteiger partial charge in [0.1, 0.15) is 0 Å². The first-order chi connectivity index (χ1) is 9.41. The molecule has 0 aliphatic carbocycles. The second kappa shape index (κ2) is 5.96. The van der Waals surface area contributed by atoms with E-state index in [0.29, 0.717) is 12.5 Å². The van der Waals surface area contributed by atoms with Crippen molar-refractivity contribution in [1.82, 2.24) is 4.90 Å². The van der Waals surface area contributed by atoms with Crippen LogP contribution < -0.4 is 5.73 Å². The third-order valence-corrected chi connectivity index (χ3v) is 4.15. The Morgan fingerprint density at radius 1 is 1.30 bits per heavy atom. The molecule has 1 aromatic rings. The summed E-state index contributed by atoms with van der Waals surface area (Å²) >= 11 is 0. The van der Waals surface area contributed by atoms with Gasteiger partial charge in [-0.3, -0.25) is 4.79 Å². The zero-order chi connectivity index (χ0) is 14.8. The molecule has 3 heteroatoms. The van der Waals surface area contributed by atoms with Crippen molar-refractivity contribution in [3.8, 4) is 0 Å². The van der Waals surface area contributed by atoms with E-state index in [2.05, 4.69) is 32.9 Å². The number of nitrogens with zero attached hydrogens (tertiary/aromatic N) is 1. The number of nitrogens with two attached hydrogens (primary N) is 1. The number of carbonyl (C=O) groups is 1. The summed E-state index contributed by atoms with van der Waals surface area (Å²) in [5.41, 5.74) is 7.78. The van der Waals surface area contributed by atoms with Gasteiger partial charge in [0.2, 0.25) is 0 Å². The van der Waals surface area contributed by atoms with E-state index in [1.165, 1.54) is 5.56 Å². The number of hydrogen-bond donors (Lipinski definition) is 1. The molecular formula is C17H26N2O. The van der Waals surface area contributed by atoms with E-state index < -0.39 is 0 Å². The lowest BCUT2D eigenvalue weighted by atomic mass is 9.86. The van der Waals surface area contributed by atoms with Crippen LogP contribution in [0.15, 0.2) is 24.3 Å². The smallest absolute Gasteiger partial charge is 0.253 e. The maximum absolute atomic E-state index is 12.5. The fraction of sp³-hybridized carbons (Fsp3) is 0.588. The number of benzene rings is 1. The molecule has 1 aliphatic heterocycles. The van der Waals surface area contributed by atoms with Gasteiger partial charge >= 0.3 is 0 Å². The van der Waals surface area contributed by atoms with Gasteiger partial charge in [-0.25, -0.2) is 0 Å². The Bertz CT molecular complexity index is 459. The van der Waals surface area contributed by atoms with Gasteiger partial charge in [0.15, 0.2) is 0 Å². The monoisotopic (exact) mass is 274 g/mol. The SMILES string of the molecule is CC(C)(C)c1ccc(C(=O)N2CCC(CCN)C2)cc1. The standard InChI is InChI=1S/C17H26N2O/c1-17(2,3)15-6-4-14(5-7-15)16(20)19-11-9-13(12-19)8-10-18/h4-7,13H,8-12,18H2,1-3H3. The predicted molar refractivity (Wildman–Crippen MR) is 82.8 cm³/mol. The highest BCUT2D eigenvalue weighted by Crippen LogP contribution is 2.24. The molecule has 1 amide bonds. The van der Waals surface area contributed by atoms with Crippen LogP contribution in [-0.4, -0.2) is 30.4 Å². The molecular weight excluding hydrogens is 248 g/mol. The zero-order valence-electron chi connectivity index (χ0n) is 12.9. The van der Waals surface area contributed by atoms with Gasteiger partial charge < -0.3 is 10.6 Å². The van der Waals surface area contributed by atoms with Crippen molar-refractivity contribution >= 4 is 5.91 Å². The van der Waals surface area contributed by atoms with Crippen molar-refractivity contribution in [3.63, 3.8) is 0 Å². The predicted octanol–water partition coefficient (Wildman–Crippen LogP) is 2.80. The molecule has 1 aliphatic rings. The molecule has 0 spiro atoms. The summed E-state index contributed by atoms with van der Waals surface area (Å²) in [6.07, 6.45) is 2.11. The van der Waals surface area contributed by atoms with E-state index in [1.54, 1.807) is 0 Å². The molecule has 1 heterocycles. The van der Waals surface area contributed by atoms with E-state index in [9.17, 15) is 4.79 Å². The quantitative estimate of drug-likeness (QED) is 0.921. The number of hydrogen-bond acceptors (Lipinski definition) is 2. The van der Waals surface area contributed by atoms with E-state index in [1.807, 2.05) is 17.0 Å². The van der Waals surface area contributed by atoms with Crippen LogP contribution in [0.3, 0.4) is 0 Å². The molecule has 0 saturated carbocycles. The largest absolute Gasteiger partial charge is 0.338 e. The first-order valence-electron chi connectivity index (χ1n) is 7.51. The highest BCUT2D eigenvalue weighted by atomic mass is 16.2. The average Bonchev–Trinajstić information content (AvgIpc) is 2.86. The first-order valence-corrected chi connectivity index (χ1v) is 7.51. The topological polar surface area (TPSA) is 46.3 Å². The molecule has 110 valence electrons. The molecule has 1 atom stereocenters. The third kappa shape index (κ3) is 3.40. The Labute approximate surface area is 122 Å². The average molecular weight is 274 g/mol. The molecule has 20 heavy (non-hydrogen) atoms. The Morgan fingerprint density at radius 2 is 1.95 bits per heavy atom. The number of carbonyl (C=O) groups excluding carboxylic acids is 1. The van der Waals surface area contributed by atoms with Crippen LogP contribution in [0, 0.1) is 5.92 Å². The second-order valence-corrected chi connectivity index (χ2v) is 6.81. The van der Waals surface area contributed by atoms with Gasteiger partial charge in [-0.2, -0.15) is 0 Å². The summed E-state index contributed by atoms with van der Waals surface area (Å²) in [4.78, 5) is 14.4. The lowest BCUT2D eigenvalue weighted by Crippen LogP contribution is -2.29. The van der Waals surface area contributed by atoms with Crippen molar-refractivity contribution in [1.29, 1.82) is 0 Å². The van der Waals surface area contributed by atoms with Crippen molar-refractivity contribution < 1.29 is 4.79 Å². The van der Waals surface area contributed by atoms with Gasteiger partial charge in [-0.05, 0) is 48.4 Å². The van der Waals surface area contributed by atoms with Crippen LogP contribution in [0.2, 0.25) is 0 Å². The Kier molecular flexibility index (Phi) is 4.48. The third-order valence-electron chi connectivity index (χ3n) is 4.15. The molecule has 0 bridgehead atoms.